The lowest BCUT2D eigenvalue weighted by Crippen LogP contribution is -3.15. The molecule has 6 nitrogen and oxygen atoms in total. The number of phenolic OH excluding ortho intramolecular Hbond substituents is 2. The lowest BCUT2D eigenvalue weighted by molar-refractivity contribution is -0.904. The molecule has 0 bridgehead atoms. The van der Waals surface area contributed by atoms with E-state index < -0.39 is 0 Å². The highest BCUT2D eigenvalue weighted by atomic mass is 32.2. The maximum absolute atomic E-state index is 11.4. The van der Waals surface area contributed by atoms with Crippen molar-refractivity contribution >= 4 is 17.5 Å². The third-order valence-corrected chi connectivity index (χ3v) is 8.38. The van der Waals surface area contributed by atoms with Gasteiger partial charge in [-0.25, -0.2) is 0 Å². The maximum atomic E-state index is 11.4. The van der Waals surface area contributed by atoms with Crippen LogP contribution in [0, 0.1) is 0 Å². The summed E-state index contributed by atoms with van der Waals surface area (Å²) in [5, 5.41) is 19.6. The van der Waals surface area contributed by atoms with Gasteiger partial charge in [-0.1, -0.05) is 18.2 Å². The van der Waals surface area contributed by atoms with E-state index in [9.17, 15) is 15.0 Å². The van der Waals surface area contributed by atoms with Gasteiger partial charge in [0.1, 0.15) is 36.3 Å². The molecule has 2 atom stereocenters. The Morgan fingerprint density at radius 2 is 1.69 bits per heavy atom. The van der Waals surface area contributed by atoms with Gasteiger partial charge in [0.2, 0.25) is 0 Å². The van der Waals surface area contributed by atoms with Crippen LogP contribution in [0.4, 0.5) is 0 Å². The van der Waals surface area contributed by atoms with Gasteiger partial charge in [-0.15, -0.1) is 11.8 Å². The van der Waals surface area contributed by atoms with Crippen molar-refractivity contribution in [3.63, 3.8) is 0 Å². The topological polar surface area (TPSA) is 78.8 Å². The Hall–Kier alpha value is -3.00. The van der Waals surface area contributed by atoms with E-state index in [0.29, 0.717) is 6.61 Å². The number of ketones is 1. The molecule has 1 fully saturated rings. The Morgan fingerprint density at radius 1 is 1.00 bits per heavy atom. The summed E-state index contributed by atoms with van der Waals surface area (Å²) < 4.78 is 5.99. The number of fused-ring (bicyclic) bond motifs is 1. The standard InChI is InChI=1S/C28H30N2O4S/c1-29-12-14-30(15-13-29)16-17-34-23-9-4-19(5-10-23)27(33)26-24-11-8-22(32)18-25(24)35-28(26)20-2-6-21(31)7-3-20/h2-11,18,26,28,31-32H,12-17H2,1H3/p+2. The number of ether oxygens (including phenoxy) is 1. The van der Waals surface area contributed by atoms with Gasteiger partial charge >= 0.3 is 5.78 Å². The summed E-state index contributed by atoms with van der Waals surface area (Å²) in [5.74, 6) is 1.24. The molecule has 2 heterocycles. The Bertz CT molecular complexity index is 1170. The highest BCUT2D eigenvalue weighted by molar-refractivity contribution is 8.00. The zero-order valence-corrected chi connectivity index (χ0v) is 20.7. The fourth-order valence-corrected chi connectivity index (χ4v) is 6.36. The van der Waals surface area contributed by atoms with Gasteiger partial charge in [-0.3, -0.25) is 9.69 Å². The molecule has 1 saturated heterocycles. The number of nitrogens with one attached hydrogen (secondary N) is 1. The van der Waals surface area contributed by atoms with Crippen LogP contribution in [0.5, 0.6) is 17.2 Å². The maximum Gasteiger partial charge on any atom is 0.332 e. The second kappa shape index (κ2) is 10.3. The first-order valence-corrected chi connectivity index (χ1v) is 13.0. The summed E-state index contributed by atoms with van der Waals surface area (Å²) >= 11 is 1.62. The van der Waals surface area contributed by atoms with Gasteiger partial charge in [0.05, 0.1) is 23.9 Å². The van der Waals surface area contributed by atoms with E-state index in [1.165, 1.54) is 0 Å². The van der Waals surface area contributed by atoms with Crippen molar-refractivity contribution in [1.82, 2.24) is 4.90 Å². The first kappa shape index (κ1) is 23.7. The summed E-state index contributed by atoms with van der Waals surface area (Å²) in [6.45, 7) is 6.24. The molecule has 0 spiro atoms. The number of hydrogen-bond donors (Lipinski definition) is 3. The smallest absolute Gasteiger partial charge is 0.332 e. The lowest BCUT2D eigenvalue weighted by atomic mass is 9.85. The van der Waals surface area contributed by atoms with Gasteiger partial charge in [-0.2, -0.15) is 0 Å². The third-order valence-electron chi connectivity index (χ3n) is 6.97. The molecule has 3 aromatic rings. The van der Waals surface area contributed by atoms with Crippen LogP contribution in [0.1, 0.15) is 27.9 Å². The van der Waals surface area contributed by atoms with Gasteiger partial charge < -0.3 is 19.8 Å². The average Bonchev–Trinajstić information content (AvgIpc) is 3.24. The van der Waals surface area contributed by atoms with Crippen molar-refractivity contribution < 1.29 is 24.6 Å². The van der Waals surface area contributed by atoms with Gasteiger partial charge in [0.25, 0.3) is 0 Å². The van der Waals surface area contributed by atoms with Crippen LogP contribution < -0.4 is 9.64 Å². The predicted molar refractivity (Wildman–Crippen MR) is 139 cm³/mol. The van der Waals surface area contributed by atoms with Crippen molar-refractivity contribution in [3.8, 4) is 17.2 Å². The number of phenols is 2. The molecule has 0 radical (unpaired) electrons. The van der Waals surface area contributed by atoms with Crippen molar-refractivity contribution in [2.45, 2.75) is 16.1 Å². The fraction of sp³-hybridized carbons (Fsp3) is 0.321. The van der Waals surface area contributed by atoms with Crippen molar-refractivity contribution in [3.05, 3.63) is 83.4 Å². The van der Waals surface area contributed by atoms with Gasteiger partial charge in [0.15, 0.2) is 0 Å². The molecule has 2 aliphatic rings. The number of aromatic hydroxyl groups is 2. The Morgan fingerprint density at radius 3 is 2.40 bits per heavy atom. The number of piperazine rings is 1. The molecule has 2 aliphatic heterocycles. The van der Waals surface area contributed by atoms with E-state index in [1.807, 2.05) is 42.5 Å². The summed E-state index contributed by atoms with van der Waals surface area (Å²) in [5.41, 5.74) is 2.74. The first-order valence-electron chi connectivity index (χ1n) is 12.1. The molecule has 35 heavy (non-hydrogen) atoms. The SMILES string of the molecule is CN1CC[NH+](CCOc2ccc(C(=[OH+])C3c4ccc(O)cc4SC3c3ccc(O)cc3)cc2)CC1. The Balaban J connectivity index is 1.29. The van der Waals surface area contributed by atoms with Crippen molar-refractivity contribution in [2.24, 2.45) is 0 Å². The van der Waals surface area contributed by atoms with Gasteiger partial charge in [-0.05, 0) is 66.7 Å². The molecule has 2 unspecified atom stereocenters. The largest absolute Gasteiger partial charge is 0.508 e. The number of likely N-dealkylation sites (N-methyl/N-ethyl adjacent to an activating group) is 1. The van der Waals surface area contributed by atoms with Crippen LogP contribution in [0.25, 0.3) is 0 Å². The number of thioether (sulfide) groups is 1. The first-order chi connectivity index (χ1) is 17.0. The molecule has 5 rings (SSSR count). The molecule has 182 valence electrons. The summed E-state index contributed by atoms with van der Waals surface area (Å²) in [6.07, 6.45) is 0. The molecule has 0 saturated carbocycles. The zero-order chi connectivity index (χ0) is 24.4. The minimum Gasteiger partial charge on any atom is -0.508 e. The van der Waals surface area contributed by atoms with E-state index >= 15 is 0 Å². The van der Waals surface area contributed by atoms with E-state index in [4.69, 9.17) is 4.74 Å². The summed E-state index contributed by atoms with van der Waals surface area (Å²) in [6, 6.07) is 20.1. The van der Waals surface area contributed by atoms with Crippen LogP contribution in [-0.4, -0.2) is 72.1 Å². The minimum absolute atomic E-state index is 0.0742. The van der Waals surface area contributed by atoms with Crippen LogP contribution in [-0.2, 0) is 0 Å². The summed E-state index contributed by atoms with van der Waals surface area (Å²) in [7, 11) is 2.17. The molecule has 0 aliphatic carbocycles. The van der Waals surface area contributed by atoms with E-state index in [-0.39, 0.29) is 28.5 Å². The zero-order valence-electron chi connectivity index (χ0n) is 19.9. The highest BCUT2D eigenvalue weighted by Gasteiger charge is 2.43. The predicted octanol–water partition coefficient (Wildman–Crippen LogP) is 2.83. The number of nitrogens with zero attached hydrogens (tertiary/aromatic N) is 1. The fourth-order valence-electron chi connectivity index (χ4n) is 4.86. The molecule has 0 amide bonds. The van der Waals surface area contributed by atoms with Gasteiger partial charge in [0, 0.05) is 18.0 Å². The molecular weight excluding hydrogens is 460 g/mol. The molecule has 4 N–H and O–H groups in total. The van der Waals surface area contributed by atoms with Crippen molar-refractivity contribution in [2.75, 3.05) is 46.4 Å². The molecule has 3 aromatic carbocycles. The second-order valence-corrected chi connectivity index (χ2v) is 10.6. The van der Waals surface area contributed by atoms with Crippen molar-refractivity contribution in [1.29, 1.82) is 0 Å². The number of rotatable bonds is 7. The quantitative estimate of drug-likeness (QED) is 0.349. The third kappa shape index (κ3) is 5.32. The van der Waals surface area contributed by atoms with Crippen LogP contribution in [0.15, 0.2) is 71.6 Å². The summed E-state index contributed by atoms with van der Waals surface area (Å²) in [4.78, 5) is 16.3. The average molecular weight is 493 g/mol. The highest BCUT2D eigenvalue weighted by Crippen LogP contribution is 2.56. The molecule has 7 heteroatoms. The van der Waals surface area contributed by atoms with Crippen LogP contribution in [0.3, 0.4) is 0 Å². The normalized spacial score (nSPS) is 20.5. The van der Waals surface area contributed by atoms with Crippen LogP contribution in [0.2, 0.25) is 0 Å². The number of hydrogen-bond acceptors (Lipinski definition) is 5. The number of carbonyl (C=O) groups excluding carboxylic acids is 1. The molecule has 0 aromatic heterocycles. The Labute approximate surface area is 210 Å². The Kier molecular flexibility index (Phi) is 7.00. The monoisotopic (exact) mass is 492 g/mol. The van der Waals surface area contributed by atoms with Crippen LogP contribution >= 0.6 is 11.8 Å². The minimum atomic E-state index is -0.271. The number of benzene rings is 3. The number of quaternary nitrogens is 1. The molecular formula is C28H32N2O4S+2. The second-order valence-electron chi connectivity index (χ2n) is 9.39. The lowest BCUT2D eigenvalue weighted by Gasteiger charge is -2.29. The van der Waals surface area contributed by atoms with E-state index in [0.717, 1.165) is 60.1 Å². The van der Waals surface area contributed by atoms with E-state index in [2.05, 4.69) is 11.9 Å². The van der Waals surface area contributed by atoms with E-state index in [1.54, 1.807) is 40.9 Å².